The molecule has 1 aromatic rings. The Morgan fingerprint density at radius 2 is 2.33 bits per heavy atom. The maximum Gasteiger partial charge on any atom is 0.344 e. The smallest absolute Gasteiger partial charge is 0.344 e. The van der Waals surface area contributed by atoms with Gasteiger partial charge < -0.3 is 9.26 Å². The Morgan fingerprint density at radius 1 is 1.67 bits per heavy atom. The minimum Gasteiger partial charge on any atom is -0.461 e. The number of nitrogens with zero attached hydrogens (tertiary/aromatic N) is 1. The van der Waals surface area contributed by atoms with Crippen LogP contribution in [0.4, 0.5) is 0 Å². The second-order valence-electron chi connectivity index (χ2n) is 2.63. The lowest BCUT2D eigenvalue weighted by atomic mass is 10.4. The fraction of sp³-hybridized carbons (Fsp3) is 0.429. The lowest BCUT2D eigenvalue weighted by Crippen LogP contribution is -2.11. The summed E-state index contributed by atoms with van der Waals surface area (Å²) in [4.78, 5) is 11.3. The molecule has 0 aliphatic carbocycles. The van der Waals surface area contributed by atoms with Gasteiger partial charge in [-0.15, -0.1) is 0 Å². The quantitative estimate of drug-likeness (QED) is 0.598. The van der Waals surface area contributed by atoms with E-state index < -0.39 is 20.8 Å². The summed E-state index contributed by atoms with van der Waals surface area (Å²) in [5.74, 6) is -0.767. The molecule has 0 spiro atoms. The van der Waals surface area contributed by atoms with E-state index in [-0.39, 0.29) is 12.2 Å². The van der Waals surface area contributed by atoms with Crippen LogP contribution in [0.1, 0.15) is 10.4 Å². The molecule has 0 aliphatic rings. The highest BCUT2D eigenvalue weighted by Crippen LogP contribution is 2.14. The van der Waals surface area contributed by atoms with Crippen LogP contribution >= 0.6 is 15.9 Å². The first kappa shape index (κ1) is 12.2. The molecular weight excluding hydrogens is 290 g/mol. The van der Waals surface area contributed by atoms with Gasteiger partial charge in [0.15, 0.2) is 9.84 Å². The lowest BCUT2D eigenvalue weighted by molar-refractivity contribution is 0.0526. The number of esters is 1. The van der Waals surface area contributed by atoms with E-state index in [9.17, 15) is 13.2 Å². The van der Waals surface area contributed by atoms with Crippen molar-refractivity contribution in [2.75, 3.05) is 18.2 Å². The highest BCUT2D eigenvalue weighted by atomic mass is 79.9. The number of carbonyl (C=O) groups is 1. The second-order valence-corrected chi connectivity index (χ2v) is 5.35. The molecule has 0 fully saturated rings. The number of halogens is 1. The summed E-state index contributed by atoms with van der Waals surface area (Å²) < 4.78 is 31.5. The molecule has 0 unspecified atom stereocenters. The number of aromatic nitrogens is 1. The average Bonchev–Trinajstić information content (AvgIpc) is 2.61. The van der Waals surface area contributed by atoms with Crippen LogP contribution in [-0.4, -0.2) is 37.7 Å². The van der Waals surface area contributed by atoms with Crippen molar-refractivity contribution in [3.05, 3.63) is 11.8 Å². The van der Waals surface area contributed by atoms with Gasteiger partial charge in [-0.1, -0.05) is 21.1 Å². The van der Waals surface area contributed by atoms with Crippen molar-refractivity contribution >= 4 is 31.7 Å². The van der Waals surface area contributed by atoms with Gasteiger partial charge in [-0.05, 0) is 0 Å². The van der Waals surface area contributed by atoms with Gasteiger partial charge in [0, 0.05) is 11.6 Å². The van der Waals surface area contributed by atoms with E-state index in [2.05, 4.69) is 25.6 Å². The fourth-order valence-corrected chi connectivity index (χ4v) is 1.71. The van der Waals surface area contributed by atoms with E-state index in [1.807, 2.05) is 0 Å². The summed E-state index contributed by atoms with van der Waals surface area (Å²) in [6.07, 6.45) is 1.89. The van der Waals surface area contributed by atoms with Gasteiger partial charge in [-0.2, -0.15) is 0 Å². The van der Waals surface area contributed by atoms with Crippen molar-refractivity contribution in [2.24, 2.45) is 0 Å². The normalized spacial score (nSPS) is 11.3. The Kier molecular flexibility index (Phi) is 3.86. The molecule has 0 aliphatic heterocycles. The Balaban J connectivity index is 2.96. The maximum atomic E-state index is 11.3. The van der Waals surface area contributed by atoms with Crippen molar-refractivity contribution in [2.45, 2.75) is 5.03 Å². The van der Waals surface area contributed by atoms with E-state index in [1.165, 1.54) is 0 Å². The van der Waals surface area contributed by atoms with Crippen LogP contribution in [0.3, 0.4) is 0 Å². The molecule has 1 aromatic heterocycles. The molecule has 1 heterocycles. The molecule has 15 heavy (non-hydrogen) atoms. The van der Waals surface area contributed by atoms with Gasteiger partial charge in [-0.25, -0.2) is 13.2 Å². The number of ether oxygens (including phenoxy) is 1. The molecule has 1 rings (SSSR count). The van der Waals surface area contributed by atoms with Crippen molar-refractivity contribution in [3.8, 4) is 0 Å². The number of alkyl halides is 1. The summed E-state index contributed by atoms with van der Waals surface area (Å²) in [6, 6.07) is 0. The van der Waals surface area contributed by atoms with E-state index in [1.54, 1.807) is 0 Å². The molecule has 0 saturated heterocycles. The van der Waals surface area contributed by atoms with Gasteiger partial charge in [0.2, 0.25) is 5.03 Å². The monoisotopic (exact) mass is 297 g/mol. The van der Waals surface area contributed by atoms with Crippen LogP contribution in [0.25, 0.3) is 0 Å². The van der Waals surface area contributed by atoms with Crippen LogP contribution in [0.5, 0.6) is 0 Å². The molecule has 0 amide bonds. The van der Waals surface area contributed by atoms with Crippen molar-refractivity contribution in [1.29, 1.82) is 0 Å². The van der Waals surface area contributed by atoms with Gasteiger partial charge in [-0.3, -0.25) is 0 Å². The fourth-order valence-electron chi connectivity index (χ4n) is 0.838. The number of sulfone groups is 1. The minimum absolute atomic E-state index is 0.146. The Bertz CT molecular complexity index is 452. The van der Waals surface area contributed by atoms with Crippen molar-refractivity contribution in [1.82, 2.24) is 5.16 Å². The SMILES string of the molecule is CS(=O)(=O)c1nocc1C(=O)OCCBr. The molecule has 0 atom stereocenters. The summed E-state index contributed by atoms with van der Waals surface area (Å²) in [5.41, 5.74) is -0.182. The summed E-state index contributed by atoms with van der Waals surface area (Å²) in [6.45, 7) is 0.146. The van der Waals surface area contributed by atoms with Crippen LogP contribution < -0.4 is 0 Å². The van der Waals surface area contributed by atoms with Crippen molar-refractivity contribution in [3.63, 3.8) is 0 Å². The van der Waals surface area contributed by atoms with Gasteiger partial charge >= 0.3 is 5.97 Å². The van der Waals surface area contributed by atoms with E-state index in [0.717, 1.165) is 12.5 Å². The molecular formula is C7H8BrNO5S. The second kappa shape index (κ2) is 4.75. The predicted molar refractivity (Wildman–Crippen MR) is 53.7 cm³/mol. The number of hydrogen-bond acceptors (Lipinski definition) is 6. The van der Waals surface area contributed by atoms with E-state index >= 15 is 0 Å². The first-order valence-corrected chi connectivity index (χ1v) is 6.85. The largest absolute Gasteiger partial charge is 0.461 e. The van der Waals surface area contributed by atoms with E-state index in [4.69, 9.17) is 4.74 Å². The van der Waals surface area contributed by atoms with Crippen LogP contribution in [0, 0.1) is 0 Å². The zero-order valence-electron chi connectivity index (χ0n) is 7.77. The Labute approximate surface area is 94.6 Å². The number of rotatable bonds is 4. The first-order valence-electron chi connectivity index (χ1n) is 3.84. The Hall–Kier alpha value is -0.890. The molecule has 0 radical (unpaired) electrons. The highest BCUT2D eigenvalue weighted by molar-refractivity contribution is 9.09. The molecule has 0 N–H and O–H groups in total. The number of hydrogen-bond donors (Lipinski definition) is 0. The average molecular weight is 298 g/mol. The molecule has 8 heteroatoms. The molecule has 0 saturated carbocycles. The minimum atomic E-state index is -3.58. The van der Waals surface area contributed by atoms with Gasteiger partial charge in [0.25, 0.3) is 0 Å². The standard InChI is InChI=1S/C7H8BrNO5S/c1-15(11,12)6-5(4-14-9-6)7(10)13-3-2-8/h4H,2-3H2,1H3. The summed E-state index contributed by atoms with van der Waals surface area (Å²) >= 11 is 3.06. The molecule has 0 bridgehead atoms. The highest BCUT2D eigenvalue weighted by Gasteiger charge is 2.24. The van der Waals surface area contributed by atoms with Gasteiger partial charge in [0.1, 0.15) is 18.4 Å². The van der Waals surface area contributed by atoms with Crippen LogP contribution in [0.15, 0.2) is 15.8 Å². The first-order chi connectivity index (χ1) is 6.96. The zero-order valence-corrected chi connectivity index (χ0v) is 10.2. The zero-order chi connectivity index (χ0) is 11.5. The third-order valence-electron chi connectivity index (χ3n) is 1.42. The summed E-state index contributed by atoms with van der Waals surface area (Å²) in [5, 5.41) is 3.31. The number of carbonyl (C=O) groups excluding carboxylic acids is 1. The molecule has 84 valence electrons. The predicted octanol–water partition coefficient (Wildman–Crippen LogP) is 0.630. The Morgan fingerprint density at radius 3 is 2.87 bits per heavy atom. The third kappa shape index (κ3) is 3.03. The van der Waals surface area contributed by atoms with Gasteiger partial charge in [0.05, 0.1) is 0 Å². The van der Waals surface area contributed by atoms with E-state index in [0.29, 0.717) is 5.33 Å². The van der Waals surface area contributed by atoms with Crippen molar-refractivity contribution < 1.29 is 22.5 Å². The maximum absolute atomic E-state index is 11.3. The molecule has 0 aromatic carbocycles. The van der Waals surface area contributed by atoms with Crippen LogP contribution in [-0.2, 0) is 14.6 Å². The summed E-state index contributed by atoms with van der Waals surface area (Å²) in [7, 11) is -3.58. The molecule has 6 nitrogen and oxygen atoms in total. The van der Waals surface area contributed by atoms with Crippen LogP contribution in [0.2, 0.25) is 0 Å². The lowest BCUT2D eigenvalue weighted by Gasteiger charge is -2.00. The third-order valence-corrected chi connectivity index (χ3v) is 2.74. The topological polar surface area (TPSA) is 86.5 Å².